The molecule has 0 fully saturated rings. The van der Waals surface area contributed by atoms with Crippen LogP contribution in [0.25, 0.3) is 0 Å². The summed E-state index contributed by atoms with van der Waals surface area (Å²) in [6.45, 7) is 2.96. The molecule has 1 aliphatic carbocycles. The molecule has 3 rings (SSSR count). The lowest BCUT2D eigenvalue weighted by atomic mass is 9.95. The summed E-state index contributed by atoms with van der Waals surface area (Å²) >= 11 is 0. The molecule has 2 heterocycles. The summed E-state index contributed by atoms with van der Waals surface area (Å²) < 4.78 is 2.25. The minimum atomic E-state index is -0.273. The van der Waals surface area contributed by atoms with Crippen LogP contribution in [0.3, 0.4) is 0 Å². The van der Waals surface area contributed by atoms with Gasteiger partial charge < -0.3 is 9.67 Å². The molecule has 2 aromatic heterocycles. The molecular formula is C15H18N2O. The average Bonchev–Trinajstić information content (AvgIpc) is 2.77. The average molecular weight is 242 g/mol. The van der Waals surface area contributed by atoms with Crippen LogP contribution in [-0.2, 0) is 13.0 Å². The Kier molecular flexibility index (Phi) is 2.92. The summed E-state index contributed by atoms with van der Waals surface area (Å²) in [4.78, 5) is 4.19. The van der Waals surface area contributed by atoms with Crippen molar-refractivity contribution in [2.45, 2.75) is 38.8 Å². The second-order valence-corrected chi connectivity index (χ2v) is 5.06. The van der Waals surface area contributed by atoms with Crippen molar-refractivity contribution >= 4 is 0 Å². The van der Waals surface area contributed by atoms with Gasteiger partial charge in [0.1, 0.15) is 0 Å². The molecule has 0 amide bonds. The van der Waals surface area contributed by atoms with E-state index in [0.717, 1.165) is 31.4 Å². The first-order valence-electron chi connectivity index (χ1n) is 6.51. The number of rotatable bonds is 2. The van der Waals surface area contributed by atoms with E-state index >= 15 is 0 Å². The molecular weight excluding hydrogens is 224 g/mol. The Morgan fingerprint density at radius 2 is 2.33 bits per heavy atom. The Bertz CT molecular complexity index is 559. The first-order valence-corrected chi connectivity index (χ1v) is 6.51. The van der Waals surface area contributed by atoms with Gasteiger partial charge >= 0.3 is 0 Å². The first-order chi connectivity index (χ1) is 8.75. The molecule has 0 aliphatic heterocycles. The standard InChI is InChI=1S/C15H18N2O/c1-11-5-7-16-9-12(11)10-17-8-6-13-14(17)3-2-4-15(13)18/h5-9,15,18H,2-4,10H2,1H3. The largest absolute Gasteiger partial charge is 0.388 e. The number of hydrogen-bond acceptors (Lipinski definition) is 2. The quantitative estimate of drug-likeness (QED) is 0.879. The molecule has 1 atom stereocenters. The molecule has 0 bridgehead atoms. The van der Waals surface area contributed by atoms with Crippen molar-refractivity contribution in [2.75, 3.05) is 0 Å². The predicted molar refractivity (Wildman–Crippen MR) is 70.4 cm³/mol. The van der Waals surface area contributed by atoms with Crippen molar-refractivity contribution in [3.63, 3.8) is 0 Å². The normalized spacial score (nSPS) is 18.7. The lowest BCUT2D eigenvalue weighted by Crippen LogP contribution is -2.12. The number of fused-ring (bicyclic) bond motifs is 1. The Labute approximate surface area is 107 Å². The zero-order chi connectivity index (χ0) is 12.5. The van der Waals surface area contributed by atoms with Crippen LogP contribution in [0.5, 0.6) is 0 Å². The molecule has 0 spiro atoms. The lowest BCUT2D eigenvalue weighted by molar-refractivity contribution is 0.156. The second kappa shape index (κ2) is 4.58. The molecule has 94 valence electrons. The molecule has 1 aliphatic rings. The van der Waals surface area contributed by atoms with E-state index in [1.807, 2.05) is 18.5 Å². The van der Waals surface area contributed by atoms with Gasteiger partial charge in [-0.3, -0.25) is 4.98 Å². The number of nitrogens with zero attached hydrogens (tertiary/aromatic N) is 2. The zero-order valence-corrected chi connectivity index (χ0v) is 10.6. The van der Waals surface area contributed by atoms with Crippen molar-refractivity contribution in [3.05, 3.63) is 53.1 Å². The summed E-state index contributed by atoms with van der Waals surface area (Å²) in [6, 6.07) is 4.10. The van der Waals surface area contributed by atoms with Crippen LogP contribution in [0, 0.1) is 6.92 Å². The number of hydrogen-bond donors (Lipinski definition) is 1. The van der Waals surface area contributed by atoms with E-state index in [2.05, 4.69) is 28.7 Å². The summed E-state index contributed by atoms with van der Waals surface area (Å²) in [5.41, 5.74) is 4.92. The number of aromatic nitrogens is 2. The first kappa shape index (κ1) is 11.5. The van der Waals surface area contributed by atoms with E-state index in [4.69, 9.17) is 0 Å². The van der Waals surface area contributed by atoms with E-state index in [0.29, 0.717) is 0 Å². The highest BCUT2D eigenvalue weighted by molar-refractivity contribution is 5.29. The minimum absolute atomic E-state index is 0.273. The van der Waals surface area contributed by atoms with Crippen LogP contribution in [0.4, 0.5) is 0 Å². The Morgan fingerprint density at radius 3 is 3.17 bits per heavy atom. The van der Waals surface area contributed by atoms with Gasteiger partial charge in [0, 0.05) is 36.4 Å². The number of aliphatic hydroxyl groups excluding tert-OH is 1. The number of pyridine rings is 1. The fraction of sp³-hybridized carbons (Fsp3) is 0.400. The van der Waals surface area contributed by atoms with Crippen molar-refractivity contribution in [1.82, 2.24) is 9.55 Å². The Balaban J connectivity index is 1.92. The Hall–Kier alpha value is -1.61. The monoisotopic (exact) mass is 242 g/mol. The van der Waals surface area contributed by atoms with Crippen LogP contribution in [0.1, 0.15) is 41.3 Å². The van der Waals surface area contributed by atoms with Gasteiger partial charge in [0.25, 0.3) is 0 Å². The highest BCUT2D eigenvalue weighted by atomic mass is 16.3. The summed E-state index contributed by atoms with van der Waals surface area (Å²) in [5.74, 6) is 0. The van der Waals surface area contributed by atoms with E-state index in [1.165, 1.54) is 16.8 Å². The SMILES string of the molecule is Cc1ccncc1Cn1ccc2c1CCCC2O. The lowest BCUT2D eigenvalue weighted by Gasteiger charge is -2.20. The smallest absolute Gasteiger partial charge is 0.0807 e. The zero-order valence-electron chi connectivity index (χ0n) is 10.6. The van der Waals surface area contributed by atoms with Gasteiger partial charge in [0.2, 0.25) is 0 Å². The van der Waals surface area contributed by atoms with Gasteiger partial charge in [-0.05, 0) is 49.4 Å². The fourth-order valence-corrected chi connectivity index (χ4v) is 2.73. The molecule has 0 aromatic carbocycles. The van der Waals surface area contributed by atoms with Gasteiger partial charge in [0.15, 0.2) is 0 Å². The van der Waals surface area contributed by atoms with Crippen LogP contribution < -0.4 is 0 Å². The van der Waals surface area contributed by atoms with Gasteiger partial charge in [0.05, 0.1) is 6.10 Å². The van der Waals surface area contributed by atoms with Crippen LogP contribution in [0.2, 0.25) is 0 Å². The van der Waals surface area contributed by atoms with Crippen LogP contribution in [-0.4, -0.2) is 14.7 Å². The van der Waals surface area contributed by atoms with Gasteiger partial charge in [-0.25, -0.2) is 0 Å². The third-order valence-electron chi connectivity index (χ3n) is 3.85. The van der Waals surface area contributed by atoms with E-state index in [-0.39, 0.29) is 6.10 Å². The van der Waals surface area contributed by atoms with Crippen molar-refractivity contribution in [2.24, 2.45) is 0 Å². The van der Waals surface area contributed by atoms with Crippen LogP contribution in [0.15, 0.2) is 30.7 Å². The molecule has 2 aromatic rings. The maximum Gasteiger partial charge on any atom is 0.0807 e. The molecule has 1 N–H and O–H groups in total. The van der Waals surface area contributed by atoms with E-state index in [1.54, 1.807) is 0 Å². The fourth-order valence-electron chi connectivity index (χ4n) is 2.73. The van der Waals surface area contributed by atoms with Crippen molar-refractivity contribution in [1.29, 1.82) is 0 Å². The van der Waals surface area contributed by atoms with Crippen LogP contribution >= 0.6 is 0 Å². The number of aliphatic hydroxyl groups is 1. The molecule has 3 nitrogen and oxygen atoms in total. The summed E-state index contributed by atoms with van der Waals surface area (Å²) in [6.07, 6.45) is 8.61. The summed E-state index contributed by atoms with van der Waals surface area (Å²) in [5, 5.41) is 9.97. The molecule has 0 radical (unpaired) electrons. The second-order valence-electron chi connectivity index (χ2n) is 5.06. The number of aryl methyl sites for hydroxylation is 1. The Morgan fingerprint density at radius 1 is 1.44 bits per heavy atom. The maximum atomic E-state index is 9.97. The highest BCUT2D eigenvalue weighted by Gasteiger charge is 2.21. The molecule has 0 saturated heterocycles. The third kappa shape index (κ3) is 1.95. The van der Waals surface area contributed by atoms with Crippen molar-refractivity contribution < 1.29 is 5.11 Å². The topological polar surface area (TPSA) is 38.0 Å². The van der Waals surface area contributed by atoms with E-state index in [9.17, 15) is 5.11 Å². The highest BCUT2D eigenvalue weighted by Crippen LogP contribution is 2.30. The third-order valence-corrected chi connectivity index (χ3v) is 3.85. The van der Waals surface area contributed by atoms with Gasteiger partial charge in [-0.15, -0.1) is 0 Å². The summed E-state index contributed by atoms with van der Waals surface area (Å²) in [7, 11) is 0. The van der Waals surface area contributed by atoms with E-state index < -0.39 is 0 Å². The maximum absolute atomic E-state index is 9.97. The minimum Gasteiger partial charge on any atom is -0.388 e. The molecule has 0 saturated carbocycles. The molecule has 1 unspecified atom stereocenters. The molecule has 3 heteroatoms. The van der Waals surface area contributed by atoms with Gasteiger partial charge in [-0.2, -0.15) is 0 Å². The molecule has 18 heavy (non-hydrogen) atoms. The predicted octanol–water partition coefficient (Wildman–Crippen LogP) is 2.61. The van der Waals surface area contributed by atoms with Crippen molar-refractivity contribution in [3.8, 4) is 0 Å². The van der Waals surface area contributed by atoms with Gasteiger partial charge in [-0.1, -0.05) is 0 Å².